The van der Waals surface area contributed by atoms with E-state index < -0.39 is 5.54 Å². The molecule has 0 aliphatic rings. The highest BCUT2D eigenvalue weighted by Gasteiger charge is 2.22. The summed E-state index contributed by atoms with van der Waals surface area (Å²) in [6.07, 6.45) is 1.04. The summed E-state index contributed by atoms with van der Waals surface area (Å²) in [5, 5.41) is 14.5. The number of hydrogen-bond acceptors (Lipinski definition) is 2. The molecule has 0 saturated carbocycles. The normalized spacial score (nSPS) is 13.9. The Morgan fingerprint density at radius 1 is 1.20 bits per heavy atom. The van der Waals surface area contributed by atoms with Crippen molar-refractivity contribution >= 4 is 16.7 Å². The SMILES string of the molecule is CCC(C)(CO)NC(=O)Cc1ccc2ccccc2c1. The van der Waals surface area contributed by atoms with E-state index in [9.17, 15) is 9.90 Å². The molecule has 2 aromatic carbocycles. The van der Waals surface area contributed by atoms with Gasteiger partial charge in [-0.05, 0) is 29.7 Å². The molecule has 0 fully saturated rings. The molecule has 3 nitrogen and oxygen atoms in total. The summed E-state index contributed by atoms with van der Waals surface area (Å²) in [6, 6.07) is 14.1. The lowest BCUT2D eigenvalue weighted by atomic mass is 9.99. The second-order valence-corrected chi connectivity index (χ2v) is 5.48. The number of carbonyl (C=O) groups excluding carboxylic acids is 1. The van der Waals surface area contributed by atoms with Crippen molar-refractivity contribution in [3.63, 3.8) is 0 Å². The maximum atomic E-state index is 12.1. The molecule has 106 valence electrons. The number of nitrogens with one attached hydrogen (secondary N) is 1. The van der Waals surface area contributed by atoms with Crippen LogP contribution in [0.1, 0.15) is 25.8 Å². The molecule has 1 amide bonds. The predicted molar refractivity (Wildman–Crippen MR) is 81.6 cm³/mol. The molecule has 0 radical (unpaired) electrons. The molecule has 1 unspecified atom stereocenters. The molecule has 2 N–H and O–H groups in total. The van der Waals surface area contributed by atoms with Gasteiger partial charge in [-0.25, -0.2) is 0 Å². The first-order valence-electron chi connectivity index (χ1n) is 6.96. The molecular formula is C17H21NO2. The standard InChI is InChI=1S/C17H21NO2/c1-3-17(2,12-19)18-16(20)11-13-8-9-14-6-4-5-7-15(14)10-13/h4-10,19H,3,11-12H2,1-2H3,(H,18,20). The highest BCUT2D eigenvalue weighted by molar-refractivity contribution is 5.85. The van der Waals surface area contributed by atoms with Crippen molar-refractivity contribution < 1.29 is 9.90 Å². The minimum absolute atomic E-state index is 0.0487. The molecule has 3 heteroatoms. The number of hydrogen-bond donors (Lipinski definition) is 2. The van der Waals surface area contributed by atoms with Crippen molar-refractivity contribution in [2.24, 2.45) is 0 Å². The van der Waals surface area contributed by atoms with E-state index in [2.05, 4.69) is 11.4 Å². The van der Waals surface area contributed by atoms with Crippen LogP contribution < -0.4 is 5.32 Å². The molecular weight excluding hydrogens is 250 g/mol. The molecule has 0 aliphatic heterocycles. The van der Waals surface area contributed by atoms with E-state index in [0.29, 0.717) is 12.8 Å². The summed E-state index contributed by atoms with van der Waals surface area (Å²) in [7, 11) is 0. The Morgan fingerprint density at radius 3 is 2.55 bits per heavy atom. The average molecular weight is 271 g/mol. The zero-order valence-corrected chi connectivity index (χ0v) is 12.0. The van der Waals surface area contributed by atoms with Crippen LogP contribution in [0.4, 0.5) is 0 Å². The van der Waals surface area contributed by atoms with Gasteiger partial charge in [0.05, 0.1) is 18.6 Å². The van der Waals surface area contributed by atoms with E-state index in [-0.39, 0.29) is 12.5 Å². The first kappa shape index (κ1) is 14.5. The monoisotopic (exact) mass is 271 g/mol. The van der Waals surface area contributed by atoms with Crippen LogP contribution in [0.2, 0.25) is 0 Å². The fourth-order valence-electron chi connectivity index (χ4n) is 2.15. The van der Waals surface area contributed by atoms with Gasteiger partial charge in [0.25, 0.3) is 0 Å². The van der Waals surface area contributed by atoms with Gasteiger partial charge < -0.3 is 10.4 Å². The van der Waals surface area contributed by atoms with Crippen LogP contribution in [0.15, 0.2) is 42.5 Å². The van der Waals surface area contributed by atoms with Crippen molar-refractivity contribution in [2.75, 3.05) is 6.61 Å². The van der Waals surface area contributed by atoms with Crippen molar-refractivity contribution in [1.29, 1.82) is 0 Å². The van der Waals surface area contributed by atoms with E-state index in [1.165, 1.54) is 5.39 Å². The summed E-state index contributed by atoms with van der Waals surface area (Å²) in [5.41, 5.74) is 0.450. The van der Waals surface area contributed by atoms with Crippen LogP contribution in [0.5, 0.6) is 0 Å². The molecule has 2 rings (SSSR count). The number of carbonyl (C=O) groups is 1. The summed E-state index contributed by atoms with van der Waals surface area (Å²) >= 11 is 0. The lowest BCUT2D eigenvalue weighted by molar-refractivity contribution is -0.122. The number of benzene rings is 2. The molecule has 0 aliphatic carbocycles. The van der Waals surface area contributed by atoms with Crippen LogP contribution in [0, 0.1) is 0 Å². The van der Waals surface area contributed by atoms with Gasteiger partial charge in [0.15, 0.2) is 0 Å². The summed E-state index contributed by atoms with van der Waals surface area (Å²) in [5.74, 6) is -0.0568. The van der Waals surface area contributed by atoms with Gasteiger partial charge in [-0.15, -0.1) is 0 Å². The maximum Gasteiger partial charge on any atom is 0.224 e. The second kappa shape index (κ2) is 6.06. The zero-order chi connectivity index (χ0) is 14.6. The van der Waals surface area contributed by atoms with Crippen molar-refractivity contribution in [2.45, 2.75) is 32.2 Å². The van der Waals surface area contributed by atoms with Gasteiger partial charge in [-0.3, -0.25) is 4.79 Å². The minimum atomic E-state index is -0.534. The van der Waals surface area contributed by atoms with Gasteiger partial charge in [-0.2, -0.15) is 0 Å². The number of fused-ring (bicyclic) bond motifs is 1. The van der Waals surface area contributed by atoms with Crippen LogP contribution >= 0.6 is 0 Å². The van der Waals surface area contributed by atoms with Crippen LogP contribution in [-0.4, -0.2) is 23.2 Å². The topological polar surface area (TPSA) is 49.3 Å². The Bertz CT molecular complexity index is 603. The molecule has 1 atom stereocenters. The van der Waals surface area contributed by atoms with Crippen LogP contribution in [0.3, 0.4) is 0 Å². The number of amides is 1. The Labute approximate surface area is 119 Å². The number of rotatable bonds is 5. The Kier molecular flexibility index (Phi) is 4.40. The largest absolute Gasteiger partial charge is 0.394 e. The van der Waals surface area contributed by atoms with Crippen molar-refractivity contribution in [1.82, 2.24) is 5.32 Å². The van der Waals surface area contributed by atoms with E-state index in [4.69, 9.17) is 0 Å². The molecule has 0 aromatic heterocycles. The van der Waals surface area contributed by atoms with E-state index >= 15 is 0 Å². The molecule has 2 aromatic rings. The van der Waals surface area contributed by atoms with Crippen molar-refractivity contribution in [3.05, 3.63) is 48.0 Å². The fourth-order valence-corrected chi connectivity index (χ4v) is 2.15. The quantitative estimate of drug-likeness (QED) is 0.878. The maximum absolute atomic E-state index is 12.1. The first-order chi connectivity index (χ1) is 9.56. The smallest absolute Gasteiger partial charge is 0.224 e. The first-order valence-corrected chi connectivity index (χ1v) is 6.96. The van der Waals surface area contributed by atoms with Crippen LogP contribution in [-0.2, 0) is 11.2 Å². The third-order valence-electron chi connectivity index (χ3n) is 3.75. The van der Waals surface area contributed by atoms with Gasteiger partial charge in [0.2, 0.25) is 5.91 Å². The highest BCUT2D eigenvalue weighted by Crippen LogP contribution is 2.16. The third-order valence-corrected chi connectivity index (χ3v) is 3.75. The molecule has 0 heterocycles. The van der Waals surface area contributed by atoms with E-state index in [1.54, 1.807) is 0 Å². The molecule has 0 saturated heterocycles. The third kappa shape index (κ3) is 3.36. The van der Waals surface area contributed by atoms with Crippen molar-refractivity contribution in [3.8, 4) is 0 Å². The van der Waals surface area contributed by atoms with E-state index in [1.807, 2.05) is 50.2 Å². The molecule has 0 bridgehead atoms. The van der Waals surface area contributed by atoms with Gasteiger partial charge in [-0.1, -0.05) is 49.4 Å². The Hall–Kier alpha value is -1.87. The van der Waals surface area contributed by atoms with E-state index in [0.717, 1.165) is 10.9 Å². The summed E-state index contributed by atoms with van der Waals surface area (Å²) < 4.78 is 0. The highest BCUT2D eigenvalue weighted by atomic mass is 16.3. The Morgan fingerprint density at radius 2 is 1.90 bits per heavy atom. The Balaban J connectivity index is 2.10. The summed E-state index contributed by atoms with van der Waals surface area (Å²) in [6.45, 7) is 3.75. The zero-order valence-electron chi connectivity index (χ0n) is 12.0. The number of aliphatic hydroxyl groups is 1. The minimum Gasteiger partial charge on any atom is -0.394 e. The molecule has 0 spiro atoms. The molecule has 20 heavy (non-hydrogen) atoms. The van der Waals surface area contributed by atoms with Gasteiger partial charge >= 0.3 is 0 Å². The fraction of sp³-hybridized carbons (Fsp3) is 0.353. The second-order valence-electron chi connectivity index (χ2n) is 5.48. The lowest BCUT2D eigenvalue weighted by Crippen LogP contribution is -2.48. The van der Waals surface area contributed by atoms with Gasteiger partial charge in [0.1, 0.15) is 0 Å². The lowest BCUT2D eigenvalue weighted by Gasteiger charge is -2.27. The van der Waals surface area contributed by atoms with Gasteiger partial charge in [0, 0.05) is 0 Å². The predicted octanol–water partition coefficient (Wildman–Crippen LogP) is 2.66. The summed E-state index contributed by atoms with van der Waals surface area (Å²) in [4.78, 5) is 12.1. The number of aliphatic hydroxyl groups excluding tert-OH is 1. The average Bonchev–Trinajstić information content (AvgIpc) is 2.47. The van der Waals surface area contributed by atoms with Crippen LogP contribution in [0.25, 0.3) is 10.8 Å².